The van der Waals surface area contributed by atoms with E-state index in [4.69, 9.17) is 20.9 Å². The van der Waals surface area contributed by atoms with Crippen LogP contribution in [0.25, 0.3) is 0 Å². The Hall–Kier alpha value is -0.210. The third-order valence-corrected chi connectivity index (χ3v) is 5.60. The van der Waals surface area contributed by atoms with Crippen LogP contribution in [-0.2, 0) is 4.74 Å². The van der Waals surface area contributed by atoms with Crippen LogP contribution in [-0.4, -0.2) is 19.0 Å². The molecule has 0 bridgehead atoms. The van der Waals surface area contributed by atoms with Crippen molar-refractivity contribution in [1.29, 1.82) is 0 Å². The number of methoxy groups -OCH3 is 1. The van der Waals surface area contributed by atoms with Crippen molar-refractivity contribution >= 4 is 56.6 Å². The molecule has 0 atom stereocenters. The van der Waals surface area contributed by atoms with Gasteiger partial charge in [0.2, 0.25) is 5.82 Å². The van der Waals surface area contributed by atoms with Crippen LogP contribution < -0.4 is 4.31 Å². The number of hydrogen-bond acceptors (Lipinski definition) is 6. The molecule has 98 valence electrons. The zero-order chi connectivity index (χ0) is 13.1. The maximum absolute atomic E-state index is 6.14. The van der Waals surface area contributed by atoms with Gasteiger partial charge in [-0.15, -0.1) is 11.3 Å². The van der Waals surface area contributed by atoms with E-state index in [1.807, 2.05) is 15.8 Å². The first-order valence-corrected chi connectivity index (χ1v) is 7.75. The molecule has 18 heavy (non-hydrogen) atoms. The second kappa shape index (κ2) is 6.29. The van der Waals surface area contributed by atoms with Crippen LogP contribution >= 0.6 is 50.8 Å². The van der Waals surface area contributed by atoms with Crippen LogP contribution in [0.4, 0.5) is 5.82 Å². The Morgan fingerprint density at radius 1 is 1.67 bits per heavy atom. The fraction of sp³-hybridized carbons (Fsp3) is 0.300. The second-order valence-corrected chi connectivity index (χ2v) is 7.00. The molecule has 0 unspecified atom stereocenters. The van der Waals surface area contributed by atoms with Crippen LogP contribution in [0.3, 0.4) is 0 Å². The molecule has 2 heterocycles. The molecular formula is C10H10BrClN2O2S2. The van der Waals surface area contributed by atoms with Crippen molar-refractivity contribution in [3.05, 3.63) is 26.0 Å². The van der Waals surface area contributed by atoms with Gasteiger partial charge in [0.15, 0.2) is 5.76 Å². The number of aromatic nitrogens is 1. The number of hydrogen-bond donors (Lipinski definition) is 0. The van der Waals surface area contributed by atoms with Crippen molar-refractivity contribution in [1.82, 2.24) is 5.16 Å². The Morgan fingerprint density at radius 3 is 2.94 bits per heavy atom. The first-order valence-electron chi connectivity index (χ1n) is 4.92. The van der Waals surface area contributed by atoms with Crippen molar-refractivity contribution in [3.63, 3.8) is 0 Å². The van der Waals surface area contributed by atoms with Gasteiger partial charge in [0.25, 0.3) is 0 Å². The maximum Gasteiger partial charge on any atom is 0.203 e. The van der Waals surface area contributed by atoms with Gasteiger partial charge in [-0.1, -0.05) is 16.8 Å². The predicted octanol–water partition coefficient (Wildman–Crippen LogP) is 4.58. The Kier molecular flexibility index (Phi) is 4.97. The number of nitrogens with zero attached hydrogens (tertiary/aromatic N) is 2. The van der Waals surface area contributed by atoms with Gasteiger partial charge < -0.3 is 9.26 Å². The largest absolute Gasteiger partial charge is 0.363 e. The summed E-state index contributed by atoms with van der Waals surface area (Å²) in [6.07, 6.45) is 0. The SMILES string of the molecule is COCN(Sc1ccsc1Br)c1noc(C)c1Cl. The van der Waals surface area contributed by atoms with E-state index >= 15 is 0 Å². The van der Waals surface area contributed by atoms with E-state index in [-0.39, 0.29) is 0 Å². The lowest BCUT2D eigenvalue weighted by Gasteiger charge is -2.18. The topological polar surface area (TPSA) is 38.5 Å². The minimum Gasteiger partial charge on any atom is -0.363 e. The number of anilines is 1. The number of rotatable bonds is 5. The first-order chi connectivity index (χ1) is 8.63. The summed E-state index contributed by atoms with van der Waals surface area (Å²) in [5.41, 5.74) is 0. The van der Waals surface area contributed by atoms with Crippen LogP contribution in [0.2, 0.25) is 5.02 Å². The molecule has 0 aliphatic rings. The Balaban J connectivity index is 2.23. The third kappa shape index (κ3) is 3.03. The van der Waals surface area contributed by atoms with E-state index in [1.165, 1.54) is 11.9 Å². The van der Waals surface area contributed by atoms with E-state index in [2.05, 4.69) is 21.1 Å². The number of aryl methyl sites for hydroxylation is 1. The van der Waals surface area contributed by atoms with Gasteiger partial charge in [0, 0.05) is 7.11 Å². The van der Waals surface area contributed by atoms with Crippen molar-refractivity contribution in [2.75, 3.05) is 18.1 Å². The summed E-state index contributed by atoms with van der Waals surface area (Å²) in [6.45, 7) is 2.13. The first kappa shape index (κ1) is 14.2. The summed E-state index contributed by atoms with van der Waals surface area (Å²) in [4.78, 5) is 1.08. The minimum atomic E-state index is 0.360. The average molecular weight is 370 g/mol. The fourth-order valence-corrected chi connectivity index (χ4v) is 3.77. The van der Waals surface area contributed by atoms with Gasteiger partial charge in [-0.05, 0) is 46.2 Å². The van der Waals surface area contributed by atoms with Crippen molar-refractivity contribution in [2.24, 2.45) is 0 Å². The van der Waals surface area contributed by atoms with Gasteiger partial charge >= 0.3 is 0 Å². The van der Waals surface area contributed by atoms with E-state index in [0.29, 0.717) is 23.3 Å². The third-order valence-electron chi connectivity index (χ3n) is 2.05. The van der Waals surface area contributed by atoms with Gasteiger partial charge in [-0.25, -0.2) is 0 Å². The molecule has 0 aliphatic carbocycles. The highest BCUT2D eigenvalue weighted by Crippen LogP contribution is 2.39. The number of thiophene rings is 1. The molecule has 8 heteroatoms. The number of ether oxygens (including phenoxy) is 1. The zero-order valence-corrected chi connectivity index (χ0v) is 13.6. The normalized spacial score (nSPS) is 10.9. The van der Waals surface area contributed by atoms with Gasteiger partial charge in [0.1, 0.15) is 11.8 Å². The molecule has 0 aromatic carbocycles. The lowest BCUT2D eigenvalue weighted by atomic mass is 10.5. The van der Waals surface area contributed by atoms with Crippen LogP contribution in [0, 0.1) is 6.92 Å². The fourth-order valence-electron chi connectivity index (χ4n) is 1.22. The van der Waals surface area contributed by atoms with Crippen molar-refractivity contribution in [2.45, 2.75) is 11.8 Å². The summed E-state index contributed by atoms with van der Waals surface area (Å²) in [6, 6.07) is 2.02. The predicted molar refractivity (Wildman–Crippen MR) is 78.5 cm³/mol. The number of halogens is 2. The standard InChI is InChI=1S/C10H10BrClN2O2S2/c1-6-8(12)10(13-16-6)14(5-15-2)18-7-3-4-17-9(7)11/h3-4H,5H2,1-2H3. The minimum absolute atomic E-state index is 0.360. The molecule has 0 fully saturated rings. The molecule has 0 saturated carbocycles. The molecule has 2 rings (SSSR count). The molecule has 0 aliphatic heterocycles. The smallest absolute Gasteiger partial charge is 0.203 e. The highest BCUT2D eigenvalue weighted by Gasteiger charge is 2.20. The van der Waals surface area contributed by atoms with Crippen LogP contribution in [0.15, 0.2) is 24.7 Å². The average Bonchev–Trinajstić information content (AvgIpc) is 2.88. The van der Waals surface area contributed by atoms with Gasteiger partial charge in [0.05, 0.1) is 8.68 Å². The molecule has 4 nitrogen and oxygen atoms in total. The lowest BCUT2D eigenvalue weighted by molar-refractivity contribution is 0.210. The molecule has 0 radical (unpaired) electrons. The summed E-state index contributed by atoms with van der Waals surface area (Å²) in [5.74, 6) is 1.16. The molecule has 0 spiro atoms. The second-order valence-electron chi connectivity index (χ2n) is 3.32. The van der Waals surface area contributed by atoms with E-state index in [0.717, 1.165) is 8.68 Å². The highest BCUT2D eigenvalue weighted by molar-refractivity contribution is 9.11. The summed E-state index contributed by atoms with van der Waals surface area (Å²) in [7, 11) is 1.62. The Morgan fingerprint density at radius 2 is 2.44 bits per heavy atom. The highest BCUT2D eigenvalue weighted by atomic mass is 79.9. The summed E-state index contributed by atoms with van der Waals surface area (Å²) >= 11 is 12.8. The summed E-state index contributed by atoms with van der Waals surface area (Å²) < 4.78 is 13.1. The maximum atomic E-state index is 6.14. The van der Waals surface area contributed by atoms with Crippen LogP contribution in [0.5, 0.6) is 0 Å². The van der Waals surface area contributed by atoms with E-state index in [1.54, 1.807) is 25.4 Å². The van der Waals surface area contributed by atoms with E-state index in [9.17, 15) is 0 Å². The van der Waals surface area contributed by atoms with Crippen LogP contribution in [0.1, 0.15) is 5.76 Å². The van der Waals surface area contributed by atoms with E-state index < -0.39 is 0 Å². The summed E-state index contributed by atoms with van der Waals surface area (Å²) in [5, 5.41) is 6.46. The van der Waals surface area contributed by atoms with Gasteiger partial charge in [-0.3, -0.25) is 4.31 Å². The molecule has 0 saturated heterocycles. The lowest BCUT2D eigenvalue weighted by Crippen LogP contribution is -2.17. The van der Waals surface area contributed by atoms with Crippen molar-refractivity contribution in [3.8, 4) is 0 Å². The molecule has 0 amide bonds. The monoisotopic (exact) mass is 368 g/mol. The molecule has 0 N–H and O–H groups in total. The van der Waals surface area contributed by atoms with Gasteiger partial charge in [-0.2, -0.15) is 0 Å². The Bertz CT molecular complexity index is 532. The van der Waals surface area contributed by atoms with Crippen molar-refractivity contribution < 1.29 is 9.26 Å². The molecular weight excluding hydrogens is 360 g/mol. The molecule has 2 aromatic rings. The zero-order valence-electron chi connectivity index (χ0n) is 9.65. The Labute approximate surface area is 126 Å². The quantitative estimate of drug-likeness (QED) is 0.570. The molecule has 2 aromatic heterocycles.